The van der Waals surface area contributed by atoms with E-state index in [1.165, 1.54) is 12.0 Å². The molecule has 1 amide bonds. The minimum Gasteiger partial charge on any atom is -0.399 e. The van der Waals surface area contributed by atoms with Gasteiger partial charge in [0.15, 0.2) is 0 Å². The second-order valence-corrected chi connectivity index (χ2v) is 7.54. The molecule has 0 unspecified atom stereocenters. The van der Waals surface area contributed by atoms with Crippen molar-refractivity contribution in [2.24, 2.45) is 0 Å². The first-order valence-corrected chi connectivity index (χ1v) is 9.24. The Balaban J connectivity index is 1.56. The van der Waals surface area contributed by atoms with Crippen LogP contribution in [-0.2, 0) is 16.6 Å². The third-order valence-corrected chi connectivity index (χ3v) is 5.54. The van der Waals surface area contributed by atoms with E-state index in [1.807, 2.05) is 30.3 Å². The molecule has 3 nitrogen and oxygen atoms in total. The molecule has 2 aromatic rings. The van der Waals surface area contributed by atoms with Crippen molar-refractivity contribution >= 4 is 27.5 Å². The number of rotatable bonds is 6. The SMILES string of the molecule is Nc1ccccc1CCC(=O)NCC1(c2cccc(Br)c2)CCC1. The van der Waals surface area contributed by atoms with E-state index in [1.54, 1.807) is 0 Å². The van der Waals surface area contributed by atoms with Crippen molar-refractivity contribution in [3.8, 4) is 0 Å². The minimum atomic E-state index is 0.0968. The number of amides is 1. The zero-order valence-electron chi connectivity index (χ0n) is 13.7. The van der Waals surface area contributed by atoms with Gasteiger partial charge in [0.05, 0.1) is 0 Å². The number of carbonyl (C=O) groups is 1. The molecule has 3 rings (SSSR count). The van der Waals surface area contributed by atoms with Crippen LogP contribution in [0, 0.1) is 0 Å². The molecule has 0 aromatic heterocycles. The zero-order chi connectivity index (χ0) is 17.0. The van der Waals surface area contributed by atoms with E-state index in [2.05, 4.69) is 39.4 Å². The van der Waals surface area contributed by atoms with Crippen LogP contribution in [0.25, 0.3) is 0 Å². The highest BCUT2D eigenvalue weighted by molar-refractivity contribution is 9.10. The Morgan fingerprint density at radius 3 is 2.62 bits per heavy atom. The van der Waals surface area contributed by atoms with Gasteiger partial charge in [-0.15, -0.1) is 0 Å². The normalized spacial score (nSPS) is 15.5. The quantitative estimate of drug-likeness (QED) is 0.730. The summed E-state index contributed by atoms with van der Waals surface area (Å²) < 4.78 is 1.09. The molecule has 0 radical (unpaired) electrons. The van der Waals surface area contributed by atoms with Crippen molar-refractivity contribution in [2.45, 2.75) is 37.5 Å². The predicted octanol–water partition coefficient (Wildman–Crippen LogP) is 4.20. The van der Waals surface area contributed by atoms with Gasteiger partial charge < -0.3 is 11.1 Å². The molecule has 2 aromatic carbocycles. The van der Waals surface area contributed by atoms with Crippen LogP contribution in [0.4, 0.5) is 5.69 Å². The van der Waals surface area contributed by atoms with Gasteiger partial charge in [0.1, 0.15) is 0 Å². The first-order chi connectivity index (χ1) is 11.6. The minimum absolute atomic E-state index is 0.0968. The van der Waals surface area contributed by atoms with Gasteiger partial charge in [0.2, 0.25) is 5.91 Å². The number of nitrogens with one attached hydrogen (secondary N) is 1. The molecule has 1 saturated carbocycles. The summed E-state index contributed by atoms with van der Waals surface area (Å²) >= 11 is 3.55. The molecule has 0 heterocycles. The van der Waals surface area contributed by atoms with E-state index in [0.29, 0.717) is 19.4 Å². The van der Waals surface area contributed by atoms with E-state index in [-0.39, 0.29) is 11.3 Å². The van der Waals surface area contributed by atoms with Crippen molar-refractivity contribution in [3.05, 3.63) is 64.1 Å². The summed E-state index contributed by atoms with van der Waals surface area (Å²) in [6, 6.07) is 16.2. The van der Waals surface area contributed by atoms with Crippen LogP contribution in [0.15, 0.2) is 53.0 Å². The third kappa shape index (κ3) is 3.81. The molecule has 24 heavy (non-hydrogen) atoms. The van der Waals surface area contributed by atoms with Gasteiger partial charge in [-0.1, -0.05) is 52.7 Å². The average molecular weight is 387 g/mol. The lowest BCUT2D eigenvalue weighted by molar-refractivity contribution is -0.121. The number of benzene rings is 2. The van der Waals surface area contributed by atoms with Gasteiger partial charge in [0.25, 0.3) is 0 Å². The molecular formula is C20H23BrN2O. The Morgan fingerprint density at radius 1 is 1.17 bits per heavy atom. The maximum atomic E-state index is 12.3. The molecule has 3 N–H and O–H groups in total. The van der Waals surface area contributed by atoms with Crippen LogP contribution in [-0.4, -0.2) is 12.5 Å². The second-order valence-electron chi connectivity index (χ2n) is 6.62. The van der Waals surface area contributed by atoms with E-state index in [4.69, 9.17) is 5.73 Å². The standard InChI is InChI=1S/C20H23BrN2O/c21-17-7-3-6-16(13-17)20(11-4-12-20)14-23-19(24)10-9-15-5-1-2-8-18(15)22/h1-3,5-8,13H,4,9-12,14,22H2,(H,23,24). The number of hydrogen-bond donors (Lipinski definition) is 2. The molecular weight excluding hydrogens is 364 g/mol. The van der Waals surface area contributed by atoms with Gasteiger partial charge in [-0.3, -0.25) is 4.79 Å². The molecule has 0 saturated heterocycles. The van der Waals surface area contributed by atoms with Crippen LogP contribution in [0.5, 0.6) is 0 Å². The topological polar surface area (TPSA) is 55.1 Å². The molecule has 1 aliphatic rings. The highest BCUT2D eigenvalue weighted by Crippen LogP contribution is 2.43. The Hall–Kier alpha value is -1.81. The summed E-state index contributed by atoms with van der Waals surface area (Å²) in [6.07, 6.45) is 4.65. The zero-order valence-corrected chi connectivity index (χ0v) is 15.3. The number of carbonyl (C=O) groups excluding carboxylic acids is 1. The molecule has 0 aliphatic heterocycles. The highest BCUT2D eigenvalue weighted by atomic mass is 79.9. The van der Waals surface area contributed by atoms with E-state index in [0.717, 1.165) is 28.6 Å². The Labute approximate surface area is 151 Å². The fourth-order valence-electron chi connectivity index (χ4n) is 3.36. The lowest BCUT2D eigenvalue weighted by Crippen LogP contribution is -2.45. The lowest BCUT2D eigenvalue weighted by Gasteiger charge is -2.42. The molecule has 1 aliphatic carbocycles. The highest BCUT2D eigenvalue weighted by Gasteiger charge is 2.38. The van der Waals surface area contributed by atoms with Gasteiger partial charge in [-0.05, 0) is 48.6 Å². The van der Waals surface area contributed by atoms with Crippen molar-refractivity contribution in [2.75, 3.05) is 12.3 Å². The van der Waals surface area contributed by atoms with Gasteiger partial charge in [-0.2, -0.15) is 0 Å². The molecule has 0 spiro atoms. The summed E-state index contributed by atoms with van der Waals surface area (Å²) in [5.74, 6) is 0.0968. The van der Waals surface area contributed by atoms with Crippen LogP contribution in [0.3, 0.4) is 0 Å². The van der Waals surface area contributed by atoms with Crippen molar-refractivity contribution in [3.63, 3.8) is 0 Å². The largest absolute Gasteiger partial charge is 0.399 e. The monoisotopic (exact) mass is 386 g/mol. The number of hydrogen-bond acceptors (Lipinski definition) is 2. The summed E-state index contributed by atoms with van der Waals surface area (Å²) in [5.41, 5.74) is 9.15. The van der Waals surface area contributed by atoms with Crippen LogP contribution in [0.1, 0.15) is 36.8 Å². The Bertz CT molecular complexity index is 725. The number of anilines is 1. The van der Waals surface area contributed by atoms with E-state index < -0.39 is 0 Å². The molecule has 0 bridgehead atoms. The third-order valence-electron chi connectivity index (χ3n) is 5.05. The summed E-state index contributed by atoms with van der Waals surface area (Å²) in [6.45, 7) is 0.715. The smallest absolute Gasteiger partial charge is 0.220 e. The lowest BCUT2D eigenvalue weighted by atomic mass is 9.64. The van der Waals surface area contributed by atoms with E-state index in [9.17, 15) is 4.79 Å². The maximum absolute atomic E-state index is 12.3. The fraction of sp³-hybridized carbons (Fsp3) is 0.350. The summed E-state index contributed by atoms with van der Waals surface area (Å²) in [4.78, 5) is 12.3. The number of para-hydroxylation sites is 1. The number of aryl methyl sites for hydroxylation is 1. The van der Waals surface area contributed by atoms with Crippen molar-refractivity contribution in [1.29, 1.82) is 0 Å². The van der Waals surface area contributed by atoms with Crippen LogP contribution < -0.4 is 11.1 Å². The number of halogens is 1. The molecule has 126 valence electrons. The average Bonchev–Trinajstić information content (AvgIpc) is 2.53. The Morgan fingerprint density at radius 2 is 1.96 bits per heavy atom. The first-order valence-electron chi connectivity index (χ1n) is 8.45. The first kappa shape index (κ1) is 17.0. The van der Waals surface area contributed by atoms with Gasteiger partial charge >= 0.3 is 0 Å². The van der Waals surface area contributed by atoms with Gasteiger partial charge in [-0.25, -0.2) is 0 Å². The maximum Gasteiger partial charge on any atom is 0.220 e. The number of nitrogen functional groups attached to an aromatic ring is 1. The van der Waals surface area contributed by atoms with Crippen molar-refractivity contribution < 1.29 is 4.79 Å². The van der Waals surface area contributed by atoms with Crippen molar-refractivity contribution in [1.82, 2.24) is 5.32 Å². The van der Waals surface area contributed by atoms with Gasteiger partial charge in [0, 0.05) is 28.5 Å². The summed E-state index contributed by atoms with van der Waals surface area (Å²) in [7, 11) is 0. The van der Waals surface area contributed by atoms with Crippen LogP contribution in [0.2, 0.25) is 0 Å². The molecule has 1 fully saturated rings. The second kappa shape index (κ2) is 7.39. The molecule has 4 heteroatoms. The fourth-order valence-corrected chi connectivity index (χ4v) is 3.75. The predicted molar refractivity (Wildman–Crippen MR) is 102 cm³/mol. The summed E-state index contributed by atoms with van der Waals surface area (Å²) in [5, 5.41) is 3.14. The number of nitrogens with two attached hydrogens (primary N) is 1. The van der Waals surface area contributed by atoms with Crippen LogP contribution >= 0.6 is 15.9 Å². The molecule has 0 atom stereocenters. The Kier molecular flexibility index (Phi) is 5.24. The van der Waals surface area contributed by atoms with E-state index >= 15 is 0 Å².